The van der Waals surface area contributed by atoms with Gasteiger partial charge in [-0.25, -0.2) is 4.99 Å². The molecule has 0 aliphatic carbocycles. The van der Waals surface area contributed by atoms with E-state index in [1.807, 2.05) is 18.6 Å². The average molecular weight is 231 g/mol. The maximum atomic E-state index is 4.38. The van der Waals surface area contributed by atoms with Gasteiger partial charge in [0.05, 0.1) is 13.0 Å². The largest absolute Gasteiger partial charge is 0.340 e. The average Bonchev–Trinajstić information content (AvgIpc) is 2.40. The van der Waals surface area contributed by atoms with Crippen LogP contribution in [-0.4, -0.2) is 35.9 Å². The second-order valence-electron chi connectivity index (χ2n) is 3.84. The highest BCUT2D eigenvalue weighted by atomic mass is 15.3. The van der Waals surface area contributed by atoms with Crippen LogP contribution in [0.1, 0.15) is 18.2 Å². The SMILES string of the molecule is CCc1ncccc1CN1C=NC(=NC)NC1. The summed E-state index contributed by atoms with van der Waals surface area (Å²) in [6.45, 7) is 3.68. The van der Waals surface area contributed by atoms with Crippen LogP contribution in [0.15, 0.2) is 28.3 Å². The molecule has 0 spiro atoms. The minimum atomic E-state index is 0.683. The van der Waals surface area contributed by atoms with Crippen LogP contribution in [0.2, 0.25) is 0 Å². The molecule has 1 aromatic rings. The molecule has 0 bridgehead atoms. The van der Waals surface area contributed by atoms with Gasteiger partial charge in [0.25, 0.3) is 0 Å². The maximum Gasteiger partial charge on any atom is 0.220 e. The number of pyridine rings is 1. The number of aromatic nitrogens is 1. The number of hydrogen-bond donors (Lipinski definition) is 1. The van der Waals surface area contributed by atoms with Gasteiger partial charge in [-0.1, -0.05) is 13.0 Å². The second kappa shape index (κ2) is 5.43. The Morgan fingerprint density at radius 1 is 1.53 bits per heavy atom. The lowest BCUT2D eigenvalue weighted by Gasteiger charge is -2.24. The summed E-state index contributed by atoms with van der Waals surface area (Å²) in [4.78, 5) is 14.7. The fourth-order valence-electron chi connectivity index (χ4n) is 1.78. The Labute approximate surface area is 101 Å². The third-order valence-corrected chi connectivity index (χ3v) is 2.69. The van der Waals surface area contributed by atoms with Gasteiger partial charge in [0, 0.05) is 25.5 Å². The number of nitrogens with zero attached hydrogens (tertiary/aromatic N) is 4. The van der Waals surface area contributed by atoms with Crippen molar-refractivity contribution in [3.05, 3.63) is 29.6 Å². The molecule has 0 saturated heterocycles. The van der Waals surface area contributed by atoms with Crippen LogP contribution in [0.5, 0.6) is 0 Å². The fraction of sp³-hybridized carbons (Fsp3) is 0.417. The van der Waals surface area contributed by atoms with Crippen LogP contribution in [0.25, 0.3) is 0 Å². The molecule has 5 nitrogen and oxygen atoms in total. The van der Waals surface area contributed by atoms with Crippen molar-refractivity contribution < 1.29 is 0 Å². The van der Waals surface area contributed by atoms with Gasteiger partial charge in [-0.3, -0.25) is 9.98 Å². The van der Waals surface area contributed by atoms with E-state index in [4.69, 9.17) is 0 Å². The second-order valence-corrected chi connectivity index (χ2v) is 3.84. The summed E-state index contributed by atoms with van der Waals surface area (Å²) in [5.41, 5.74) is 2.40. The van der Waals surface area contributed by atoms with Crippen molar-refractivity contribution in [2.45, 2.75) is 19.9 Å². The Kier molecular flexibility index (Phi) is 3.69. The summed E-state index contributed by atoms with van der Waals surface area (Å²) >= 11 is 0. The first kappa shape index (κ1) is 11.6. The molecule has 1 aromatic heterocycles. The minimum absolute atomic E-state index is 0.683. The highest BCUT2D eigenvalue weighted by Crippen LogP contribution is 2.09. The van der Waals surface area contributed by atoms with E-state index >= 15 is 0 Å². The molecule has 0 unspecified atom stereocenters. The van der Waals surface area contributed by atoms with Crippen LogP contribution in [0.3, 0.4) is 0 Å². The van der Waals surface area contributed by atoms with E-state index in [1.165, 1.54) is 5.56 Å². The van der Waals surface area contributed by atoms with Gasteiger partial charge in [-0.15, -0.1) is 0 Å². The van der Waals surface area contributed by atoms with E-state index < -0.39 is 0 Å². The van der Waals surface area contributed by atoms with Crippen LogP contribution in [0.4, 0.5) is 0 Å². The van der Waals surface area contributed by atoms with Gasteiger partial charge >= 0.3 is 0 Å². The lowest BCUT2D eigenvalue weighted by atomic mass is 10.1. The van der Waals surface area contributed by atoms with E-state index in [0.717, 1.165) is 25.3 Å². The topological polar surface area (TPSA) is 52.9 Å². The predicted molar refractivity (Wildman–Crippen MR) is 69.0 cm³/mol. The molecule has 0 atom stereocenters. The highest BCUT2D eigenvalue weighted by molar-refractivity contribution is 5.88. The van der Waals surface area contributed by atoms with Crippen molar-refractivity contribution in [1.29, 1.82) is 0 Å². The first-order valence-electron chi connectivity index (χ1n) is 5.75. The smallest absolute Gasteiger partial charge is 0.220 e. The van der Waals surface area contributed by atoms with Gasteiger partial charge in [0.1, 0.15) is 0 Å². The van der Waals surface area contributed by atoms with Gasteiger partial charge in [-0.2, -0.15) is 0 Å². The minimum Gasteiger partial charge on any atom is -0.340 e. The Bertz CT molecular complexity index is 438. The molecule has 0 fully saturated rings. The normalized spacial score (nSPS) is 17.3. The molecule has 17 heavy (non-hydrogen) atoms. The quantitative estimate of drug-likeness (QED) is 0.845. The number of nitrogens with one attached hydrogen (secondary N) is 1. The zero-order chi connectivity index (χ0) is 12.1. The van der Waals surface area contributed by atoms with E-state index in [0.29, 0.717) is 5.96 Å². The summed E-state index contributed by atoms with van der Waals surface area (Å²) in [5, 5.41) is 3.13. The number of guanidine groups is 1. The Balaban J connectivity index is 2.07. The van der Waals surface area contributed by atoms with E-state index in [-0.39, 0.29) is 0 Å². The summed E-state index contributed by atoms with van der Waals surface area (Å²) < 4.78 is 0. The van der Waals surface area contributed by atoms with Crippen molar-refractivity contribution >= 4 is 12.3 Å². The zero-order valence-corrected chi connectivity index (χ0v) is 10.2. The summed E-state index contributed by atoms with van der Waals surface area (Å²) in [5.74, 6) is 0.683. The van der Waals surface area contributed by atoms with Crippen LogP contribution in [0, 0.1) is 0 Å². The highest BCUT2D eigenvalue weighted by Gasteiger charge is 2.10. The number of rotatable bonds is 3. The van der Waals surface area contributed by atoms with Crippen molar-refractivity contribution in [3.8, 4) is 0 Å². The molecular weight excluding hydrogens is 214 g/mol. The number of aryl methyl sites for hydroxylation is 1. The van der Waals surface area contributed by atoms with Crippen molar-refractivity contribution in [3.63, 3.8) is 0 Å². The zero-order valence-electron chi connectivity index (χ0n) is 10.2. The first-order chi connectivity index (χ1) is 8.33. The molecule has 0 amide bonds. The lowest BCUT2D eigenvalue weighted by molar-refractivity contribution is 0.405. The lowest BCUT2D eigenvalue weighted by Crippen LogP contribution is -2.40. The van der Waals surface area contributed by atoms with E-state index in [9.17, 15) is 0 Å². The molecule has 90 valence electrons. The molecule has 1 aliphatic heterocycles. The third kappa shape index (κ3) is 2.81. The molecular formula is C12H17N5. The standard InChI is InChI=1S/C12H17N5/c1-3-11-10(5-4-6-14-11)7-17-8-15-12(13-2)16-9-17/h4-6,8H,3,7,9H2,1-2H3,(H,13,16). The van der Waals surface area contributed by atoms with Gasteiger partial charge in [-0.05, 0) is 18.1 Å². The predicted octanol–water partition coefficient (Wildman–Crippen LogP) is 1.02. The van der Waals surface area contributed by atoms with Gasteiger partial charge < -0.3 is 10.2 Å². The molecule has 0 saturated carbocycles. The van der Waals surface area contributed by atoms with E-state index in [1.54, 1.807) is 7.05 Å². The number of hydrogen-bond acceptors (Lipinski definition) is 3. The van der Waals surface area contributed by atoms with Crippen molar-refractivity contribution in [2.24, 2.45) is 9.98 Å². The van der Waals surface area contributed by atoms with Crippen LogP contribution < -0.4 is 5.32 Å². The Morgan fingerprint density at radius 2 is 2.41 bits per heavy atom. The van der Waals surface area contributed by atoms with Crippen molar-refractivity contribution in [2.75, 3.05) is 13.7 Å². The fourth-order valence-corrected chi connectivity index (χ4v) is 1.78. The molecule has 1 aliphatic rings. The molecule has 2 heterocycles. The Hall–Kier alpha value is -1.91. The third-order valence-electron chi connectivity index (χ3n) is 2.69. The van der Waals surface area contributed by atoms with Crippen LogP contribution in [-0.2, 0) is 13.0 Å². The number of aliphatic imine (C=N–C) groups is 2. The molecule has 5 heteroatoms. The molecule has 2 rings (SSSR count). The summed E-state index contributed by atoms with van der Waals surface area (Å²) in [7, 11) is 1.73. The monoisotopic (exact) mass is 231 g/mol. The van der Waals surface area contributed by atoms with Crippen molar-refractivity contribution in [1.82, 2.24) is 15.2 Å². The summed E-state index contributed by atoms with van der Waals surface area (Å²) in [6, 6.07) is 4.09. The summed E-state index contributed by atoms with van der Waals surface area (Å²) in [6.07, 6.45) is 4.62. The van der Waals surface area contributed by atoms with E-state index in [2.05, 4.69) is 38.2 Å². The Morgan fingerprint density at radius 3 is 3.06 bits per heavy atom. The maximum absolute atomic E-state index is 4.38. The van der Waals surface area contributed by atoms with Gasteiger partial charge in [0.15, 0.2) is 0 Å². The molecule has 1 N–H and O–H groups in total. The molecule has 0 aromatic carbocycles. The first-order valence-corrected chi connectivity index (χ1v) is 5.75. The molecule has 0 radical (unpaired) electrons. The van der Waals surface area contributed by atoms with Gasteiger partial charge in [0.2, 0.25) is 5.96 Å². The van der Waals surface area contributed by atoms with Crippen LogP contribution >= 0.6 is 0 Å².